The first kappa shape index (κ1) is 41.2. The van der Waals surface area contributed by atoms with Gasteiger partial charge in [-0.1, -0.05) is 0 Å². The van der Waals surface area contributed by atoms with Crippen LogP contribution in [0, 0.1) is 18.3 Å². The van der Waals surface area contributed by atoms with E-state index in [4.69, 9.17) is 23.7 Å². The molecule has 0 spiro atoms. The van der Waals surface area contributed by atoms with Crippen molar-refractivity contribution >= 4 is 47.3 Å². The number of carbonyl (C=O) groups is 6. The van der Waals surface area contributed by atoms with Crippen LogP contribution in [0.1, 0.15) is 75.5 Å². The van der Waals surface area contributed by atoms with Crippen LogP contribution in [0.2, 0.25) is 0 Å². The van der Waals surface area contributed by atoms with E-state index in [1.807, 2.05) is 6.07 Å². The quantitative estimate of drug-likeness (QED) is 0.297. The SMILES string of the molecule is CC(=O)O[C@@H](C(=O)Nc1ccc(C#N)c(CN(C(=O)OC(C)(C)C)C(=O)OC(C)(C)C)c1)[C@H]1OCCN(c2cc(C)cc(C(=O)N3CCOCC3)c2)C1=O. The summed E-state index contributed by atoms with van der Waals surface area (Å²) in [6, 6.07) is 11.2. The van der Waals surface area contributed by atoms with Crippen LogP contribution < -0.4 is 10.2 Å². The molecule has 5 amide bonds. The summed E-state index contributed by atoms with van der Waals surface area (Å²) in [6.07, 6.45) is -5.35. The van der Waals surface area contributed by atoms with Gasteiger partial charge >= 0.3 is 18.2 Å². The molecule has 0 bridgehead atoms. The molecule has 2 aromatic carbocycles. The second kappa shape index (κ2) is 17.1. The van der Waals surface area contributed by atoms with E-state index in [1.165, 1.54) is 23.1 Å². The van der Waals surface area contributed by atoms with Crippen molar-refractivity contribution in [3.63, 3.8) is 0 Å². The molecule has 16 nitrogen and oxygen atoms in total. The molecule has 0 unspecified atom stereocenters. The Kier molecular flexibility index (Phi) is 13.0. The van der Waals surface area contributed by atoms with E-state index in [1.54, 1.807) is 71.6 Å². The van der Waals surface area contributed by atoms with E-state index in [0.29, 0.717) is 42.5 Å². The highest BCUT2D eigenvalue weighted by Crippen LogP contribution is 2.27. The first-order valence-electron chi connectivity index (χ1n) is 17.4. The Morgan fingerprint density at radius 2 is 1.57 bits per heavy atom. The van der Waals surface area contributed by atoms with Crippen molar-refractivity contribution < 1.29 is 52.5 Å². The number of morpholine rings is 2. The van der Waals surface area contributed by atoms with Crippen LogP contribution in [0.4, 0.5) is 21.0 Å². The molecule has 0 radical (unpaired) electrons. The van der Waals surface area contributed by atoms with Gasteiger partial charge in [0.2, 0.25) is 6.10 Å². The lowest BCUT2D eigenvalue weighted by molar-refractivity contribution is -0.167. The molecular weight excluding hydrogens is 702 g/mol. The Labute approximate surface area is 314 Å². The van der Waals surface area contributed by atoms with Crippen molar-refractivity contribution in [3.05, 3.63) is 58.7 Å². The van der Waals surface area contributed by atoms with E-state index in [-0.39, 0.29) is 35.9 Å². The summed E-state index contributed by atoms with van der Waals surface area (Å²) in [5, 5.41) is 12.5. The maximum absolute atomic E-state index is 14.0. The number of hydrogen-bond donors (Lipinski definition) is 1. The van der Waals surface area contributed by atoms with Gasteiger partial charge in [-0.05, 0) is 96.0 Å². The van der Waals surface area contributed by atoms with Crippen LogP contribution in [0.3, 0.4) is 0 Å². The second-order valence-corrected chi connectivity index (χ2v) is 14.8. The van der Waals surface area contributed by atoms with Crippen LogP contribution in [0.15, 0.2) is 36.4 Å². The zero-order valence-electron chi connectivity index (χ0n) is 31.8. The number of carbonyl (C=O) groups excluding carboxylic acids is 6. The van der Waals surface area contributed by atoms with E-state index in [0.717, 1.165) is 12.5 Å². The molecule has 2 aliphatic rings. The van der Waals surface area contributed by atoms with Crippen molar-refractivity contribution in [2.45, 2.75) is 85.3 Å². The highest BCUT2D eigenvalue weighted by atomic mass is 16.6. The third-order valence-corrected chi connectivity index (χ3v) is 7.92. The lowest BCUT2D eigenvalue weighted by Gasteiger charge is -2.35. The van der Waals surface area contributed by atoms with Gasteiger partial charge in [0.05, 0.1) is 38.0 Å². The third kappa shape index (κ3) is 11.0. The minimum absolute atomic E-state index is 0.0195. The number of aryl methyl sites for hydroxylation is 1. The molecule has 2 atom stereocenters. The van der Waals surface area contributed by atoms with Gasteiger partial charge in [0.1, 0.15) is 11.2 Å². The maximum Gasteiger partial charge on any atom is 0.420 e. The number of esters is 1. The number of amides is 5. The summed E-state index contributed by atoms with van der Waals surface area (Å²) < 4.78 is 27.3. The molecular formula is C38H47N5O11. The van der Waals surface area contributed by atoms with Crippen molar-refractivity contribution in [3.8, 4) is 6.07 Å². The zero-order valence-corrected chi connectivity index (χ0v) is 31.8. The largest absolute Gasteiger partial charge is 0.449 e. The lowest BCUT2D eigenvalue weighted by atomic mass is 10.0. The molecule has 0 aliphatic carbocycles. The van der Waals surface area contributed by atoms with Crippen LogP contribution in [-0.2, 0) is 44.6 Å². The van der Waals surface area contributed by atoms with E-state index in [9.17, 15) is 34.0 Å². The van der Waals surface area contributed by atoms with E-state index in [2.05, 4.69) is 5.32 Å². The average Bonchev–Trinajstić information content (AvgIpc) is 3.08. The number of anilines is 2. The Hall–Kier alpha value is -5.53. The number of nitriles is 1. The lowest BCUT2D eigenvalue weighted by Crippen LogP contribution is -2.56. The topological polar surface area (TPSA) is 194 Å². The molecule has 0 aromatic heterocycles. The van der Waals surface area contributed by atoms with Gasteiger partial charge in [0.25, 0.3) is 17.7 Å². The van der Waals surface area contributed by atoms with Crippen LogP contribution in [0.5, 0.6) is 0 Å². The molecule has 2 aliphatic heterocycles. The second-order valence-electron chi connectivity index (χ2n) is 14.8. The number of benzene rings is 2. The first-order chi connectivity index (χ1) is 25.3. The Morgan fingerprint density at radius 3 is 2.15 bits per heavy atom. The zero-order chi connectivity index (χ0) is 40.0. The molecule has 54 heavy (non-hydrogen) atoms. The molecule has 2 saturated heterocycles. The standard InChI is InChI=1S/C38H47N5O11/c1-23-17-26(33(46)41-11-14-50-15-12-41)20-29(18-23)42-13-16-51-31(34(42)47)30(52-24(2)44)32(45)40-28-10-9-25(21-39)27(19-28)22-43(35(48)53-37(3,4)5)36(49)54-38(6,7)8/h9-10,17-20,30-31H,11-16,22H2,1-8H3,(H,40,45)/t30-,31-/m1/s1. The number of nitrogens with one attached hydrogen (secondary N) is 1. The van der Waals surface area contributed by atoms with Gasteiger partial charge < -0.3 is 38.8 Å². The summed E-state index contributed by atoms with van der Waals surface area (Å²) in [5.41, 5.74) is -0.108. The monoisotopic (exact) mass is 749 g/mol. The highest BCUT2D eigenvalue weighted by molar-refractivity contribution is 6.05. The predicted molar refractivity (Wildman–Crippen MR) is 193 cm³/mol. The Balaban J connectivity index is 1.60. The number of nitrogens with zero attached hydrogens (tertiary/aromatic N) is 4. The van der Waals surface area contributed by atoms with Gasteiger partial charge in [-0.3, -0.25) is 19.2 Å². The van der Waals surface area contributed by atoms with Gasteiger partial charge in [-0.2, -0.15) is 5.26 Å². The Bertz CT molecular complexity index is 1790. The van der Waals surface area contributed by atoms with Crippen LogP contribution >= 0.6 is 0 Å². The molecule has 290 valence electrons. The highest BCUT2D eigenvalue weighted by Gasteiger charge is 2.43. The van der Waals surface area contributed by atoms with Crippen molar-refractivity contribution in [2.24, 2.45) is 0 Å². The summed E-state index contributed by atoms with van der Waals surface area (Å²) in [7, 11) is 0. The fourth-order valence-electron chi connectivity index (χ4n) is 5.63. The number of imide groups is 1. The van der Waals surface area contributed by atoms with Crippen molar-refractivity contribution in [1.82, 2.24) is 9.80 Å². The summed E-state index contributed by atoms with van der Waals surface area (Å²) in [6.45, 7) is 14.0. The molecule has 4 rings (SSSR count). The van der Waals surface area contributed by atoms with Gasteiger partial charge in [-0.15, -0.1) is 0 Å². The summed E-state index contributed by atoms with van der Waals surface area (Å²) in [4.78, 5) is 83.4. The minimum Gasteiger partial charge on any atom is -0.449 e. The van der Waals surface area contributed by atoms with Crippen LogP contribution in [0.25, 0.3) is 0 Å². The maximum atomic E-state index is 14.0. The normalized spacial score (nSPS) is 16.8. The number of hydrogen-bond acceptors (Lipinski definition) is 12. The molecule has 1 N–H and O–H groups in total. The van der Waals surface area contributed by atoms with E-state index < -0.39 is 59.9 Å². The van der Waals surface area contributed by atoms with Crippen molar-refractivity contribution in [1.29, 1.82) is 5.26 Å². The van der Waals surface area contributed by atoms with Gasteiger partial charge in [-0.25, -0.2) is 14.5 Å². The van der Waals surface area contributed by atoms with E-state index >= 15 is 0 Å². The molecule has 0 saturated carbocycles. The average molecular weight is 750 g/mol. The fraction of sp³-hybridized carbons (Fsp3) is 0.500. The Morgan fingerprint density at radius 1 is 0.944 bits per heavy atom. The van der Waals surface area contributed by atoms with Crippen molar-refractivity contribution in [2.75, 3.05) is 49.7 Å². The van der Waals surface area contributed by atoms with Gasteiger partial charge in [0.15, 0.2) is 6.10 Å². The van der Waals surface area contributed by atoms with Crippen LogP contribution in [-0.4, -0.2) is 109 Å². The molecule has 2 aromatic rings. The third-order valence-electron chi connectivity index (χ3n) is 7.92. The molecule has 2 heterocycles. The number of ether oxygens (including phenoxy) is 5. The summed E-state index contributed by atoms with van der Waals surface area (Å²) in [5.74, 6) is -2.67. The smallest absolute Gasteiger partial charge is 0.420 e. The molecule has 2 fully saturated rings. The summed E-state index contributed by atoms with van der Waals surface area (Å²) >= 11 is 0. The number of rotatable bonds is 8. The minimum atomic E-state index is -1.75. The fourth-order valence-corrected chi connectivity index (χ4v) is 5.63. The first-order valence-corrected chi connectivity index (χ1v) is 17.4. The molecule has 16 heteroatoms. The predicted octanol–water partition coefficient (Wildman–Crippen LogP) is 4.31. The van der Waals surface area contributed by atoms with Gasteiger partial charge in [0, 0.05) is 43.5 Å².